The van der Waals surface area contributed by atoms with Gasteiger partial charge in [-0.15, -0.1) is 0 Å². The number of amides is 1. The summed E-state index contributed by atoms with van der Waals surface area (Å²) in [6.45, 7) is 4.80. The lowest BCUT2D eigenvalue weighted by molar-refractivity contribution is 0.0934. The van der Waals surface area contributed by atoms with Gasteiger partial charge in [0.2, 0.25) is 0 Å². The third-order valence-electron chi connectivity index (χ3n) is 3.17. The lowest BCUT2D eigenvalue weighted by Crippen LogP contribution is -2.41. The second kappa shape index (κ2) is 7.74. The smallest absolute Gasteiger partial charge is 0.254 e. The highest BCUT2D eigenvalue weighted by Gasteiger charge is 2.17. The summed E-state index contributed by atoms with van der Waals surface area (Å²) in [6.07, 6.45) is 0.980. The Kier molecular flexibility index (Phi) is 6.62. The predicted octanol–water partition coefficient (Wildman–Crippen LogP) is 3.29. The van der Waals surface area contributed by atoms with Gasteiger partial charge in [-0.3, -0.25) is 4.79 Å². The van der Waals surface area contributed by atoms with E-state index < -0.39 is 5.82 Å². The van der Waals surface area contributed by atoms with Crippen LogP contribution in [0, 0.1) is 11.7 Å². The normalized spacial score (nSPS) is 12.8. The summed E-state index contributed by atoms with van der Waals surface area (Å²) in [7, 11) is 3.97. The number of carbonyl (C=O) groups is 1. The molecule has 1 amide bonds. The summed E-state index contributed by atoms with van der Waals surface area (Å²) in [5, 5.41) is 2.81. The van der Waals surface area contributed by atoms with Crippen LogP contribution in [0.4, 0.5) is 4.39 Å². The highest BCUT2D eigenvalue weighted by molar-refractivity contribution is 9.10. The number of carbonyl (C=O) groups excluding carboxylic acids is 1. The zero-order valence-electron chi connectivity index (χ0n) is 12.4. The fraction of sp³-hybridized carbons (Fsp3) is 0.533. The largest absolute Gasteiger partial charge is 0.350 e. The highest BCUT2D eigenvalue weighted by Crippen LogP contribution is 2.18. The molecule has 0 aromatic heterocycles. The van der Waals surface area contributed by atoms with E-state index in [9.17, 15) is 9.18 Å². The summed E-state index contributed by atoms with van der Waals surface area (Å²) in [5.41, 5.74) is 0.0708. The number of hydrogen-bond donors (Lipinski definition) is 1. The molecule has 1 rings (SSSR count). The zero-order valence-corrected chi connectivity index (χ0v) is 14.0. The van der Waals surface area contributed by atoms with Crippen LogP contribution in [0.25, 0.3) is 0 Å². The molecule has 1 N–H and O–H groups in total. The molecule has 20 heavy (non-hydrogen) atoms. The summed E-state index contributed by atoms with van der Waals surface area (Å²) in [5.74, 6) is -0.350. The van der Waals surface area contributed by atoms with E-state index in [0.717, 1.165) is 6.42 Å². The maximum absolute atomic E-state index is 13.8. The van der Waals surface area contributed by atoms with Crippen molar-refractivity contribution in [2.75, 3.05) is 20.6 Å². The molecule has 5 heteroatoms. The van der Waals surface area contributed by atoms with Crippen LogP contribution in [0.3, 0.4) is 0 Å². The first kappa shape index (κ1) is 17.1. The lowest BCUT2D eigenvalue weighted by atomic mass is 10.0. The maximum Gasteiger partial charge on any atom is 0.254 e. The van der Waals surface area contributed by atoms with E-state index in [1.54, 1.807) is 12.1 Å². The lowest BCUT2D eigenvalue weighted by Gasteiger charge is -2.26. The van der Waals surface area contributed by atoms with E-state index in [0.29, 0.717) is 16.9 Å². The Morgan fingerprint density at radius 1 is 1.40 bits per heavy atom. The van der Waals surface area contributed by atoms with Crippen molar-refractivity contribution in [1.82, 2.24) is 10.2 Å². The van der Waals surface area contributed by atoms with Gasteiger partial charge >= 0.3 is 0 Å². The SMILES string of the molecule is CC(C)CC(CNC(=O)c1cccc(Br)c1F)N(C)C. The third-order valence-corrected chi connectivity index (χ3v) is 3.78. The van der Waals surface area contributed by atoms with Gasteiger partial charge < -0.3 is 10.2 Å². The fourth-order valence-electron chi connectivity index (χ4n) is 2.01. The van der Waals surface area contributed by atoms with Crippen LogP contribution in [0.2, 0.25) is 0 Å². The van der Waals surface area contributed by atoms with E-state index in [4.69, 9.17) is 0 Å². The third kappa shape index (κ3) is 4.87. The number of halogens is 2. The van der Waals surface area contributed by atoms with E-state index in [2.05, 4.69) is 40.0 Å². The van der Waals surface area contributed by atoms with Crippen molar-refractivity contribution in [2.24, 2.45) is 5.92 Å². The monoisotopic (exact) mass is 344 g/mol. The van der Waals surface area contributed by atoms with Crippen LogP contribution in [-0.4, -0.2) is 37.5 Å². The van der Waals surface area contributed by atoms with Gasteiger partial charge in [0, 0.05) is 12.6 Å². The molecule has 1 aromatic carbocycles. The quantitative estimate of drug-likeness (QED) is 0.858. The molecule has 1 aromatic rings. The van der Waals surface area contributed by atoms with Crippen molar-refractivity contribution >= 4 is 21.8 Å². The Morgan fingerprint density at radius 3 is 2.60 bits per heavy atom. The molecule has 0 saturated heterocycles. The number of hydrogen-bond acceptors (Lipinski definition) is 2. The van der Waals surface area contributed by atoms with E-state index in [1.807, 2.05) is 14.1 Å². The zero-order chi connectivity index (χ0) is 15.3. The summed E-state index contributed by atoms with van der Waals surface area (Å²) in [6, 6.07) is 4.96. The van der Waals surface area contributed by atoms with Crippen molar-refractivity contribution in [3.63, 3.8) is 0 Å². The van der Waals surface area contributed by atoms with Crippen LogP contribution in [0.1, 0.15) is 30.6 Å². The minimum absolute atomic E-state index is 0.0708. The Morgan fingerprint density at radius 2 is 2.05 bits per heavy atom. The Labute approximate surface area is 128 Å². The molecule has 112 valence electrons. The van der Waals surface area contributed by atoms with Gasteiger partial charge in [-0.2, -0.15) is 0 Å². The first-order chi connectivity index (χ1) is 9.32. The molecule has 0 bridgehead atoms. The Balaban J connectivity index is 2.68. The van der Waals surface area contributed by atoms with Crippen LogP contribution < -0.4 is 5.32 Å². The maximum atomic E-state index is 13.8. The van der Waals surface area contributed by atoms with Gasteiger partial charge in [0.05, 0.1) is 10.0 Å². The molecule has 1 atom stereocenters. The van der Waals surface area contributed by atoms with Gasteiger partial charge in [-0.25, -0.2) is 4.39 Å². The number of nitrogens with zero attached hydrogens (tertiary/aromatic N) is 1. The minimum Gasteiger partial charge on any atom is -0.350 e. The van der Waals surface area contributed by atoms with E-state index in [1.165, 1.54) is 6.07 Å². The van der Waals surface area contributed by atoms with Crippen molar-refractivity contribution in [3.8, 4) is 0 Å². The average Bonchev–Trinajstić information content (AvgIpc) is 2.36. The van der Waals surface area contributed by atoms with Crippen molar-refractivity contribution < 1.29 is 9.18 Å². The van der Waals surface area contributed by atoms with Gasteiger partial charge in [-0.1, -0.05) is 19.9 Å². The summed E-state index contributed by atoms with van der Waals surface area (Å²) >= 11 is 3.09. The topological polar surface area (TPSA) is 32.3 Å². The molecule has 0 saturated carbocycles. The first-order valence-corrected chi connectivity index (χ1v) is 7.50. The van der Waals surface area contributed by atoms with E-state index >= 15 is 0 Å². The number of likely N-dealkylation sites (N-methyl/N-ethyl adjacent to an activating group) is 1. The van der Waals surface area contributed by atoms with Crippen molar-refractivity contribution in [1.29, 1.82) is 0 Å². The van der Waals surface area contributed by atoms with E-state index in [-0.39, 0.29) is 17.5 Å². The molecule has 0 spiro atoms. The molecule has 0 aliphatic carbocycles. The predicted molar refractivity (Wildman–Crippen MR) is 83.4 cm³/mol. The highest BCUT2D eigenvalue weighted by atomic mass is 79.9. The summed E-state index contributed by atoms with van der Waals surface area (Å²) in [4.78, 5) is 14.1. The van der Waals surface area contributed by atoms with Gasteiger partial charge in [0.15, 0.2) is 0 Å². The molecular formula is C15H22BrFN2O. The number of benzene rings is 1. The molecule has 0 fully saturated rings. The van der Waals surface area contributed by atoms with Crippen LogP contribution in [0.15, 0.2) is 22.7 Å². The van der Waals surface area contributed by atoms with Gasteiger partial charge in [0.1, 0.15) is 5.82 Å². The first-order valence-electron chi connectivity index (χ1n) is 6.71. The van der Waals surface area contributed by atoms with Crippen molar-refractivity contribution in [2.45, 2.75) is 26.3 Å². The number of nitrogens with one attached hydrogen (secondary N) is 1. The molecule has 1 unspecified atom stereocenters. The molecule has 3 nitrogen and oxygen atoms in total. The molecule has 0 aliphatic rings. The summed E-state index contributed by atoms with van der Waals surface area (Å²) < 4.78 is 14.1. The molecule has 0 aliphatic heterocycles. The Hall–Kier alpha value is -0.940. The molecular weight excluding hydrogens is 323 g/mol. The molecule has 0 radical (unpaired) electrons. The average molecular weight is 345 g/mol. The van der Waals surface area contributed by atoms with Crippen molar-refractivity contribution in [3.05, 3.63) is 34.1 Å². The second-order valence-electron chi connectivity index (χ2n) is 5.56. The minimum atomic E-state index is -0.518. The Bertz CT molecular complexity index is 463. The van der Waals surface area contributed by atoms with Gasteiger partial charge in [-0.05, 0) is 54.5 Å². The van der Waals surface area contributed by atoms with Crippen LogP contribution >= 0.6 is 15.9 Å². The van der Waals surface area contributed by atoms with Gasteiger partial charge in [0.25, 0.3) is 5.91 Å². The standard InChI is InChI=1S/C15H22BrFN2O/c1-10(2)8-11(19(3)4)9-18-15(20)12-6-5-7-13(16)14(12)17/h5-7,10-11H,8-9H2,1-4H3,(H,18,20). The molecule has 0 heterocycles. The fourth-order valence-corrected chi connectivity index (χ4v) is 2.37. The van der Waals surface area contributed by atoms with Crippen LogP contribution in [0.5, 0.6) is 0 Å². The second-order valence-corrected chi connectivity index (χ2v) is 6.41. The van der Waals surface area contributed by atoms with Crippen LogP contribution in [-0.2, 0) is 0 Å². The number of rotatable bonds is 6.